The van der Waals surface area contributed by atoms with Gasteiger partial charge in [0, 0.05) is 32.0 Å². The average molecular weight is 262 g/mol. The summed E-state index contributed by atoms with van der Waals surface area (Å²) >= 11 is 0. The van der Waals surface area contributed by atoms with Crippen LogP contribution in [0.1, 0.15) is 17.8 Å². The summed E-state index contributed by atoms with van der Waals surface area (Å²) in [4.78, 5) is 6.71. The summed E-state index contributed by atoms with van der Waals surface area (Å²) < 4.78 is 7.68. The van der Waals surface area contributed by atoms with Crippen molar-refractivity contribution in [2.24, 2.45) is 0 Å². The molecule has 2 aromatic heterocycles. The molecule has 1 saturated heterocycles. The van der Waals surface area contributed by atoms with Crippen molar-refractivity contribution in [1.29, 1.82) is 0 Å². The number of hydrogen-bond donors (Lipinski definition) is 1. The third kappa shape index (κ3) is 2.99. The van der Waals surface area contributed by atoms with Crippen molar-refractivity contribution in [3.63, 3.8) is 0 Å². The molecule has 1 aliphatic rings. The minimum atomic E-state index is -0.0312. The second-order valence-electron chi connectivity index (χ2n) is 4.71. The van der Waals surface area contributed by atoms with E-state index in [4.69, 9.17) is 4.74 Å². The molecule has 0 saturated carbocycles. The lowest BCUT2D eigenvalue weighted by atomic mass is 10.2. The molecule has 0 aromatic carbocycles. The van der Waals surface area contributed by atoms with Gasteiger partial charge in [-0.25, -0.2) is 4.98 Å². The Labute approximate surface area is 111 Å². The summed E-state index contributed by atoms with van der Waals surface area (Å²) in [5, 5.41) is 11.3. The lowest BCUT2D eigenvalue weighted by molar-refractivity contribution is -0.0352. The molecular weight excluding hydrogens is 244 g/mol. The van der Waals surface area contributed by atoms with E-state index in [0.29, 0.717) is 0 Å². The largest absolute Gasteiger partial charge is 0.367 e. The zero-order valence-electron chi connectivity index (χ0n) is 11.0. The zero-order chi connectivity index (χ0) is 13.1. The number of H-pyrrole nitrogens is 1. The number of aromatic amines is 1. The zero-order valence-corrected chi connectivity index (χ0v) is 11.0. The van der Waals surface area contributed by atoms with Crippen LogP contribution in [0.2, 0.25) is 0 Å². The summed E-state index contributed by atoms with van der Waals surface area (Å²) in [5.41, 5.74) is 0. The van der Waals surface area contributed by atoms with Crippen molar-refractivity contribution in [2.75, 3.05) is 26.2 Å². The first-order chi connectivity index (χ1) is 9.31. The Hall–Kier alpha value is -1.73. The summed E-state index contributed by atoms with van der Waals surface area (Å²) in [7, 11) is 0. The molecule has 0 radical (unpaired) electrons. The molecule has 3 heterocycles. The molecule has 1 atom stereocenters. The van der Waals surface area contributed by atoms with Gasteiger partial charge in [-0.2, -0.15) is 10.2 Å². The number of hydrogen-bond acceptors (Lipinski definition) is 5. The predicted molar refractivity (Wildman–Crippen MR) is 68.5 cm³/mol. The van der Waals surface area contributed by atoms with Crippen LogP contribution in [-0.4, -0.2) is 56.1 Å². The van der Waals surface area contributed by atoms with Gasteiger partial charge >= 0.3 is 0 Å². The van der Waals surface area contributed by atoms with Gasteiger partial charge < -0.3 is 4.74 Å². The molecule has 7 heteroatoms. The van der Waals surface area contributed by atoms with Crippen LogP contribution in [0, 0.1) is 6.92 Å². The highest BCUT2D eigenvalue weighted by Gasteiger charge is 2.24. The second kappa shape index (κ2) is 5.50. The molecule has 0 aliphatic carbocycles. The molecular formula is C12H18N6O. The summed E-state index contributed by atoms with van der Waals surface area (Å²) in [6.07, 6.45) is 3.76. The number of nitrogens with one attached hydrogen (secondary N) is 1. The number of aryl methyl sites for hydroxylation is 1. The highest BCUT2D eigenvalue weighted by Crippen LogP contribution is 2.18. The Morgan fingerprint density at radius 3 is 3.16 bits per heavy atom. The highest BCUT2D eigenvalue weighted by atomic mass is 16.5. The maximum Gasteiger partial charge on any atom is 0.180 e. The quantitative estimate of drug-likeness (QED) is 0.862. The van der Waals surface area contributed by atoms with Crippen LogP contribution in [0.15, 0.2) is 18.5 Å². The molecule has 19 heavy (non-hydrogen) atoms. The lowest BCUT2D eigenvalue weighted by Crippen LogP contribution is -2.40. The van der Waals surface area contributed by atoms with Crippen LogP contribution < -0.4 is 0 Å². The van der Waals surface area contributed by atoms with Crippen LogP contribution in [0.3, 0.4) is 0 Å². The summed E-state index contributed by atoms with van der Waals surface area (Å²) in [5.74, 6) is 1.58. The Kier molecular flexibility index (Phi) is 3.56. The van der Waals surface area contributed by atoms with Gasteiger partial charge in [-0.15, -0.1) is 0 Å². The van der Waals surface area contributed by atoms with Crippen molar-refractivity contribution >= 4 is 0 Å². The predicted octanol–water partition coefficient (Wildman–Crippen LogP) is 0.383. The molecule has 0 unspecified atom stereocenters. The fourth-order valence-corrected chi connectivity index (χ4v) is 2.24. The lowest BCUT2D eigenvalue weighted by Gasteiger charge is -2.31. The number of rotatable bonds is 4. The molecule has 3 rings (SSSR count). The molecule has 102 valence electrons. The van der Waals surface area contributed by atoms with Gasteiger partial charge in [0.2, 0.25) is 0 Å². The first kappa shape index (κ1) is 12.3. The topological polar surface area (TPSA) is 71.9 Å². The normalized spacial score (nSPS) is 20.8. The number of morpholine rings is 1. The Morgan fingerprint density at radius 1 is 1.47 bits per heavy atom. The Morgan fingerprint density at radius 2 is 2.42 bits per heavy atom. The van der Waals surface area contributed by atoms with E-state index in [0.717, 1.165) is 44.4 Å². The van der Waals surface area contributed by atoms with Gasteiger partial charge in [0.15, 0.2) is 5.82 Å². The van der Waals surface area contributed by atoms with E-state index in [1.165, 1.54) is 0 Å². The van der Waals surface area contributed by atoms with E-state index in [9.17, 15) is 0 Å². The first-order valence-electron chi connectivity index (χ1n) is 6.51. The fourth-order valence-electron chi connectivity index (χ4n) is 2.24. The molecule has 2 aromatic rings. The van der Waals surface area contributed by atoms with Crippen molar-refractivity contribution in [1.82, 2.24) is 29.9 Å². The average Bonchev–Trinajstić information content (AvgIpc) is 3.08. The first-order valence-corrected chi connectivity index (χ1v) is 6.51. The van der Waals surface area contributed by atoms with E-state index in [1.807, 2.05) is 23.9 Å². The molecule has 1 aliphatic heterocycles. The van der Waals surface area contributed by atoms with Gasteiger partial charge in [-0.3, -0.25) is 14.7 Å². The van der Waals surface area contributed by atoms with E-state index in [-0.39, 0.29) is 6.10 Å². The van der Waals surface area contributed by atoms with Crippen molar-refractivity contribution in [2.45, 2.75) is 19.6 Å². The van der Waals surface area contributed by atoms with Crippen LogP contribution in [0.25, 0.3) is 0 Å². The number of ether oxygens (including phenoxy) is 1. The van der Waals surface area contributed by atoms with Crippen LogP contribution in [-0.2, 0) is 11.3 Å². The standard InChI is InChI=1S/C12H18N6O/c1-10-14-12(16-15-10)11-9-17(7-8-19-11)5-6-18-4-2-3-13-18/h2-4,11H,5-9H2,1H3,(H,14,15,16)/t11-/m1/s1. The number of nitrogens with zero attached hydrogens (tertiary/aromatic N) is 5. The monoisotopic (exact) mass is 262 g/mol. The molecule has 0 amide bonds. The molecule has 1 fully saturated rings. The van der Waals surface area contributed by atoms with Crippen LogP contribution in [0.5, 0.6) is 0 Å². The second-order valence-corrected chi connectivity index (χ2v) is 4.71. The Bertz CT molecular complexity index is 508. The maximum absolute atomic E-state index is 5.74. The van der Waals surface area contributed by atoms with Gasteiger partial charge in [0.05, 0.1) is 13.2 Å². The molecule has 0 spiro atoms. The van der Waals surface area contributed by atoms with Crippen molar-refractivity contribution in [3.8, 4) is 0 Å². The van der Waals surface area contributed by atoms with Gasteiger partial charge in [-0.05, 0) is 13.0 Å². The highest BCUT2D eigenvalue weighted by molar-refractivity contribution is 4.95. The SMILES string of the molecule is Cc1nc([C@H]2CN(CCn3cccn3)CCO2)n[nH]1. The summed E-state index contributed by atoms with van der Waals surface area (Å²) in [6, 6.07) is 1.94. The van der Waals surface area contributed by atoms with E-state index < -0.39 is 0 Å². The Balaban J connectivity index is 1.56. The minimum Gasteiger partial charge on any atom is -0.367 e. The molecule has 0 bridgehead atoms. The van der Waals surface area contributed by atoms with E-state index in [1.54, 1.807) is 6.20 Å². The smallest absolute Gasteiger partial charge is 0.180 e. The van der Waals surface area contributed by atoms with Gasteiger partial charge in [0.1, 0.15) is 11.9 Å². The summed E-state index contributed by atoms with van der Waals surface area (Å²) in [6.45, 7) is 6.25. The third-order valence-electron chi connectivity index (χ3n) is 3.26. The van der Waals surface area contributed by atoms with Gasteiger partial charge in [-0.1, -0.05) is 0 Å². The fraction of sp³-hybridized carbons (Fsp3) is 0.583. The maximum atomic E-state index is 5.74. The van der Waals surface area contributed by atoms with Gasteiger partial charge in [0.25, 0.3) is 0 Å². The van der Waals surface area contributed by atoms with Crippen molar-refractivity contribution in [3.05, 3.63) is 30.1 Å². The number of aromatic nitrogens is 5. The minimum absolute atomic E-state index is 0.0312. The van der Waals surface area contributed by atoms with E-state index in [2.05, 4.69) is 25.2 Å². The van der Waals surface area contributed by atoms with Crippen LogP contribution >= 0.6 is 0 Å². The molecule has 1 N–H and O–H groups in total. The van der Waals surface area contributed by atoms with Crippen LogP contribution in [0.4, 0.5) is 0 Å². The van der Waals surface area contributed by atoms with Crippen molar-refractivity contribution < 1.29 is 4.74 Å². The third-order valence-corrected chi connectivity index (χ3v) is 3.26. The molecule has 7 nitrogen and oxygen atoms in total. The van der Waals surface area contributed by atoms with E-state index >= 15 is 0 Å².